The zero-order valence-electron chi connectivity index (χ0n) is 10.5. The molecule has 106 valence electrons. The Labute approximate surface area is 117 Å². The Morgan fingerprint density at radius 1 is 1.42 bits per heavy atom. The zero-order valence-corrected chi connectivity index (χ0v) is 12.1. The molecule has 0 fully saturated rings. The fraction of sp³-hybridized carbons (Fsp3) is 0.417. The van der Waals surface area contributed by atoms with Crippen molar-refractivity contribution in [1.29, 1.82) is 0 Å². The van der Waals surface area contributed by atoms with Gasteiger partial charge in [-0.2, -0.15) is 0 Å². The Hall–Kier alpha value is -1.27. The second-order valence-corrected chi connectivity index (χ2v) is 6.97. The molecule has 0 atom stereocenters. The molecule has 0 aliphatic carbocycles. The van der Waals surface area contributed by atoms with E-state index in [0.29, 0.717) is 23.7 Å². The minimum Gasteiger partial charge on any atom is -0.480 e. The van der Waals surface area contributed by atoms with E-state index in [2.05, 4.69) is 0 Å². The van der Waals surface area contributed by atoms with Gasteiger partial charge in [-0.3, -0.25) is 4.79 Å². The van der Waals surface area contributed by atoms with Crippen LogP contribution in [-0.2, 0) is 14.6 Å². The number of hydrogen-bond acceptors (Lipinski definition) is 4. The van der Waals surface area contributed by atoms with Gasteiger partial charge in [0.2, 0.25) is 0 Å². The van der Waals surface area contributed by atoms with Crippen LogP contribution in [0.1, 0.15) is 6.42 Å². The van der Waals surface area contributed by atoms with Crippen LogP contribution in [0.3, 0.4) is 0 Å². The number of sulfone groups is 1. The maximum absolute atomic E-state index is 11.1. The monoisotopic (exact) mass is 305 g/mol. The highest BCUT2D eigenvalue weighted by atomic mass is 35.5. The van der Waals surface area contributed by atoms with E-state index < -0.39 is 15.8 Å². The van der Waals surface area contributed by atoms with Crippen molar-refractivity contribution in [2.24, 2.45) is 0 Å². The number of carbonyl (C=O) groups is 1. The molecule has 1 aromatic carbocycles. The first kappa shape index (κ1) is 15.8. The third-order valence-electron chi connectivity index (χ3n) is 2.44. The minimum atomic E-state index is -3.04. The first-order chi connectivity index (χ1) is 8.78. The van der Waals surface area contributed by atoms with Gasteiger partial charge in [-0.25, -0.2) is 8.42 Å². The maximum Gasteiger partial charge on any atom is 0.323 e. The number of nitrogens with zero attached hydrogens (tertiary/aromatic N) is 1. The van der Waals surface area contributed by atoms with E-state index >= 15 is 0 Å². The number of carboxylic acids is 1. The van der Waals surface area contributed by atoms with Crippen LogP contribution >= 0.6 is 11.6 Å². The minimum absolute atomic E-state index is 0.0314. The van der Waals surface area contributed by atoms with Crippen LogP contribution < -0.4 is 4.90 Å². The summed E-state index contributed by atoms with van der Waals surface area (Å²) in [6, 6.07) is 6.82. The molecule has 1 N–H and O–H groups in total. The molecule has 0 aromatic heterocycles. The van der Waals surface area contributed by atoms with Crippen molar-refractivity contribution >= 4 is 33.1 Å². The summed E-state index contributed by atoms with van der Waals surface area (Å²) in [5.74, 6) is -0.941. The highest BCUT2D eigenvalue weighted by Gasteiger charge is 2.12. The summed E-state index contributed by atoms with van der Waals surface area (Å²) in [5.41, 5.74) is 0.670. The lowest BCUT2D eigenvalue weighted by molar-refractivity contribution is -0.135. The van der Waals surface area contributed by atoms with Gasteiger partial charge in [0.25, 0.3) is 0 Å². The smallest absolute Gasteiger partial charge is 0.323 e. The molecule has 7 heteroatoms. The van der Waals surface area contributed by atoms with Gasteiger partial charge >= 0.3 is 5.97 Å². The zero-order chi connectivity index (χ0) is 14.5. The standard InChI is InChI=1S/C12H16ClNO4S/c1-19(17,18)7-3-6-14(9-12(15)16)11-5-2-4-10(13)8-11/h2,4-5,8H,3,6-7,9H2,1H3,(H,15,16). The molecule has 0 bridgehead atoms. The van der Waals surface area contributed by atoms with Gasteiger partial charge in [0, 0.05) is 23.5 Å². The highest BCUT2D eigenvalue weighted by molar-refractivity contribution is 7.90. The first-order valence-corrected chi connectivity index (χ1v) is 8.12. The Morgan fingerprint density at radius 2 is 2.11 bits per heavy atom. The van der Waals surface area contributed by atoms with Gasteiger partial charge in [-0.1, -0.05) is 17.7 Å². The summed E-state index contributed by atoms with van der Waals surface area (Å²) in [6.07, 6.45) is 1.53. The summed E-state index contributed by atoms with van der Waals surface area (Å²) in [5, 5.41) is 9.39. The molecule has 0 spiro atoms. The van der Waals surface area contributed by atoms with Crippen LogP contribution in [-0.4, -0.2) is 44.6 Å². The van der Waals surface area contributed by atoms with Gasteiger partial charge in [0.05, 0.1) is 5.75 Å². The van der Waals surface area contributed by atoms with Crippen LogP contribution in [0, 0.1) is 0 Å². The normalized spacial score (nSPS) is 11.3. The average Bonchev–Trinajstić information content (AvgIpc) is 2.25. The van der Waals surface area contributed by atoms with Crippen LogP contribution in [0.15, 0.2) is 24.3 Å². The molecule has 5 nitrogen and oxygen atoms in total. The van der Waals surface area contributed by atoms with E-state index in [4.69, 9.17) is 16.7 Å². The lowest BCUT2D eigenvalue weighted by atomic mass is 10.2. The van der Waals surface area contributed by atoms with Crippen molar-refractivity contribution < 1.29 is 18.3 Å². The molecule has 0 radical (unpaired) electrons. The molecule has 0 aliphatic heterocycles. The first-order valence-electron chi connectivity index (χ1n) is 5.68. The van der Waals surface area contributed by atoms with Crippen molar-refractivity contribution in [3.8, 4) is 0 Å². The molecule has 0 aliphatic rings. The molecular weight excluding hydrogens is 290 g/mol. The van der Waals surface area contributed by atoms with Gasteiger partial charge in [0.15, 0.2) is 0 Å². The predicted octanol–water partition coefficient (Wildman–Crippen LogP) is 1.67. The van der Waals surface area contributed by atoms with Gasteiger partial charge in [-0.05, 0) is 24.6 Å². The molecule has 0 amide bonds. The molecule has 0 saturated carbocycles. The summed E-state index contributed by atoms with van der Waals surface area (Å²) in [4.78, 5) is 12.4. The lowest BCUT2D eigenvalue weighted by Crippen LogP contribution is -2.31. The van der Waals surface area contributed by atoms with E-state index in [-0.39, 0.29) is 12.3 Å². The van der Waals surface area contributed by atoms with Crippen molar-refractivity contribution in [2.75, 3.05) is 30.0 Å². The highest BCUT2D eigenvalue weighted by Crippen LogP contribution is 2.19. The van der Waals surface area contributed by atoms with E-state index in [1.54, 1.807) is 29.2 Å². The Bertz CT molecular complexity index is 544. The van der Waals surface area contributed by atoms with Gasteiger partial charge in [0.1, 0.15) is 16.4 Å². The maximum atomic E-state index is 11.1. The third-order valence-corrected chi connectivity index (χ3v) is 3.71. The predicted molar refractivity (Wildman–Crippen MR) is 75.6 cm³/mol. The van der Waals surface area contributed by atoms with Crippen molar-refractivity contribution in [3.05, 3.63) is 29.3 Å². The molecule has 19 heavy (non-hydrogen) atoms. The van der Waals surface area contributed by atoms with Crippen molar-refractivity contribution in [2.45, 2.75) is 6.42 Å². The van der Waals surface area contributed by atoms with Crippen molar-refractivity contribution in [1.82, 2.24) is 0 Å². The fourth-order valence-electron chi connectivity index (χ4n) is 1.65. The van der Waals surface area contributed by atoms with E-state index in [9.17, 15) is 13.2 Å². The van der Waals surface area contributed by atoms with E-state index in [1.807, 2.05) is 0 Å². The molecule has 1 rings (SSSR count). The van der Waals surface area contributed by atoms with Crippen LogP contribution in [0.4, 0.5) is 5.69 Å². The summed E-state index contributed by atoms with van der Waals surface area (Å²) in [6.45, 7) is 0.157. The Balaban J connectivity index is 2.75. The number of carboxylic acid groups (broad SMARTS) is 1. The van der Waals surface area contributed by atoms with E-state index in [0.717, 1.165) is 6.26 Å². The molecule has 0 saturated heterocycles. The van der Waals surface area contributed by atoms with Crippen LogP contribution in [0.25, 0.3) is 0 Å². The van der Waals surface area contributed by atoms with Crippen LogP contribution in [0.2, 0.25) is 5.02 Å². The summed E-state index contributed by atoms with van der Waals surface area (Å²) >= 11 is 5.86. The number of aliphatic carboxylic acids is 1. The second kappa shape index (κ2) is 6.77. The van der Waals surface area contributed by atoms with Crippen molar-refractivity contribution in [3.63, 3.8) is 0 Å². The average molecular weight is 306 g/mol. The largest absolute Gasteiger partial charge is 0.480 e. The lowest BCUT2D eigenvalue weighted by Gasteiger charge is -2.22. The topological polar surface area (TPSA) is 74.7 Å². The Morgan fingerprint density at radius 3 is 2.63 bits per heavy atom. The third kappa shape index (κ3) is 6.45. The van der Waals surface area contributed by atoms with Gasteiger partial charge in [-0.15, -0.1) is 0 Å². The van der Waals surface area contributed by atoms with Gasteiger partial charge < -0.3 is 10.0 Å². The quantitative estimate of drug-likeness (QED) is 0.829. The molecule has 0 heterocycles. The summed E-state index contributed by atoms with van der Waals surface area (Å²) in [7, 11) is -3.04. The molecular formula is C12H16ClNO4S. The Kier molecular flexibility index (Phi) is 5.62. The van der Waals surface area contributed by atoms with Crippen LogP contribution in [0.5, 0.6) is 0 Å². The summed E-state index contributed by atoms with van der Waals surface area (Å²) < 4.78 is 22.1. The SMILES string of the molecule is CS(=O)(=O)CCCN(CC(=O)O)c1cccc(Cl)c1. The second-order valence-electron chi connectivity index (χ2n) is 4.28. The number of hydrogen-bond donors (Lipinski definition) is 1. The molecule has 0 unspecified atom stereocenters. The number of benzene rings is 1. The molecule has 1 aromatic rings. The number of anilines is 1. The van der Waals surface area contributed by atoms with E-state index in [1.165, 1.54) is 0 Å². The fourth-order valence-corrected chi connectivity index (χ4v) is 2.49. The number of rotatable bonds is 7. The number of halogens is 1.